The molecule has 1 N–H and O–H groups in total. The molecule has 0 bridgehead atoms. The van der Waals surface area contributed by atoms with Gasteiger partial charge in [-0.15, -0.1) is 0 Å². The minimum absolute atomic E-state index is 0.206. The molecule has 0 aliphatic rings. The summed E-state index contributed by atoms with van der Waals surface area (Å²) in [5.74, 6) is 0.206. The molecule has 0 fully saturated rings. The topological polar surface area (TPSA) is 37.3 Å². The van der Waals surface area contributed by atoms with Gasteiger partial charge in [-0.3, -0.25) is 0 Å². The predicted molar refractivity (Wildman–Crippen MR) is 42.6 cm³/mol. The lowest BCUT2D eigenvalue weighted by molar-refractivity contribution is -0.107. The molecule has 0 heterocycles. The first-order chi connectivity index (χ1) is 5.25. The second-order valence-corrected chi connectivity index (χ2v) is 2.44. The number of aldehydes is 1. The van der Waals surface area contributed by atoms with Crippen molar-refractivity contribution in [3.05, 3.63) is 29.3 Å². The molecule has 0 atom stereocenters. The summed E-state index contributed by atoms with van der Waals surface area (Å²) >= 11 is 0. The minimum atomic E-state index is 0.206. The third kappa shape index (κ3) is 1.58. The summed E-state index contributed by atoms with van der Waals surface area (Å²) in [6, 6.07) is 5.23. The number of aryl methyl sites for hydroxylation is 1. The van der Waals surface area contributed by atoms with Gasteiger partial charge in [0.25, 0.3) is 0 Å². The van der Waals surface area contributed by atoms with Crippen LogP contribution in [0.3, 0.4) is 0 Å². The van der Waals surface area contributed by atoms with E-state index in [4.69, 9.17) is 0 Å². The van der Waals surface area contributed by atoms with E-state index in [0.29, 0.717) is 6.42 Å². The van der Waals surface area contributed by atoms with Gasteiger partial charge in [0.15, 0.2) is 0 Å². The second-order valence-electron chi connectivity index (χ2n) is 2.44. The van der Waals surface area contributed by atoms with Crippen molar-refractivity contribution in [2.75, 3.05) is 0 Å². The molecule has 58 valence electrons. The first-order valence-corrected chi connectivity index (χ1v) is 3.47. The maximum absolute atomic E-state index is 10.2. The third-order valence-electron chi connectivity index (χ3n) is 1.67. The van der Waals surface area contributed by atoms with Crippen LogP contribution in [0.25, 0.3) is 0 Å². The zero-order valence-corrected chi connectivity index (χ0v) is 6.37. The average molecular weight is 150 g/mol. The Kier molecular flexibility index (Phi) is 2.26. The van der Waals surface area contributed by atoms with E-state index in [-0.39, 0.29) is 5.75 Å². The van der Waals surface area contributed by atoms with Crippen LogP contribution >= 0.6 is 0 Å². The quantitative estimate of drug-likeness (QED) is 0.648. The molecule has 1 rings (SSSR count). The molecular weight excluding hydrogens is 140 g/mol. The van der Waals surface area contributed by atoms with Crippen molar-refractivity contribution in [1.29, 1.82) is 0 Å². The predicted octanol–water partition coefficient (Wildman–Crippen LogP) is 1.44. The highest BCUT2D eigenvalue weighted by atomic mass is 16.3. The molecule has 1 aromatic rings. The van der Waals surface area contributed by atoms with Gasteiger partial charge < -0.3 is 9.90 Å². The maximum atomic E-state index is 10.2. The van der Waals surface area contributed by atoms with Crippen LogP contribution in [0.4, 0.5) is 0 Å². The van der Waals surface area contributed by atoms with Gasteiger partial charge in [0, 0.05) is 12.0 Å². The van der Waals surface area contributed by atoms with E-state index < -0.39 is 0 Å². The molecule has 0 radical (unpaired) electrons. The zero-order chi connectivity index (χ0) is 8.27. The Morgan fingerprint density at radius 2 is 2.27 bits per heavy atom. The van der Waals surface area contributed by atoms with Crippen LogP contribution in [-0.2, 0) is 11.2 Å². The molecule has 1 aromatic carbocycles. The van der Waals surface area contributed by atoms with Crippen molar-refractivity contribution in [1.82, 2.24) is 0 Å². The number of aromatic hydroxyl groups is 1. The highest BCUT2D eigenvalue weighted by Gasteiger charge is 2.01. The lowest BCUT2D eigenvalue weighted by Crippen LogP contribution is -1.90. The fourth-order valence-electron chi connectivity index (χ4n) is 1.04. The Labute approximate surface area is 65.5 Å². The van der Waals surface area contributed by atoms with Crippen molar-refractivity contribution in [2.24, 2.45) is 0 Å². The molecule has 0 aliphatic carbocycles. The number of carbonyl (C=O) groups is 1. The van der Waals surface area contributed by atoms with Gasteiger partial charge in [0.2, 0.25) is 0 Å². The Balaban J connectivity index is 3.09. The van der Waals surface area contributed by atoms with Crippen LogP contribution in [0, 0.1) is 6.92 Å². The number of benzene rings is 1. The summed E-state index contributed by atoms with van der Waals surface area (Å²) in [6.45, 7) is 1.87. The summed E-state index contributed by atoms with van der Waals surface area (Å²) in [6.07, 6.45) is 1.08. The molecule has 2 heteroatoms. The van der Waals surface area contributed by atoms with Crippen LogP contribution < -0.4 is 0 Å². The van der Waals surface area contributed by atoms with Crippen molar-refractivity contribution >= 4 is 6.29 Å². The second kappa shape index (κ2) is 3.19. The lowest BCUT2D eigenvalue weighted by atomic mass is 10.1. The minimum Gasteiger partial charge on any atom is -0.508 e. The summed E-state index contributed by atoms with van der Waals surface area (Å²) < 4.78 is 0. The van der Waals surface area contributed by atoms with Crippen LogP contribution in [0.1, 0.15) is 11.1 Å². The summed E-state index contributed by atoms with van der Waals surface area (Å²) in [4.78, 5) is 10.2. The van der Waals surface area contributed by atoms with Crippen molar-refractivity contribution in [3.63, 3.8) is 0 Å². The van der Waals surface area contributed by atoms with Crippen LogP contribution in [0.5, 0.6) is 5.75 Å². The fraction of sp³-hybridized carbons (Fsp3) is 0.222. The first kappa shape index (κ1) is 7.79. The lowest BCUT2D eigenvalue weighted by Gasteiger charge is -2.02. The Morgan fingerprint density at radius 3 is 2.82 bits per heavy atom. The summed E-state index contributed by atoms with van der Waals surface area (Å²) in [5.41, 5.74) is 1.68. The largest absolute Gasteiger partial charge is 0.508 e. The van der Waals surface area contributed by atoms with E-state index >= 15 is 0 Å². The zero-order valence-electron chi connectivity index (χ0n) is 6.37. The highest BCUT2D eigenvalue weighted by Crippen LogP contribution is 2.19. The van der Waals surface area contributed by atoms with Crippen molar-refractivity contribution in [3.8, 4) is 5.75 Å². The molecule has 11 heavy (non-hydrogen) atoms. The van der Waals surface area contributed by atoms with E-state index in [1.807, 2.05) is 13.0 Å². The van der Waals surface area contributed by atoms with E-state index in [2.05, 4.69) is 0 Å². The third-order valence-corrected chi connectivity index (χ3v) is 1.67. The summed E-state index contributed by atoms with van der Waals surface area (Å²) in [7, 11) is 0. The fourth-order valence-corrected chi connectivity index (χ4v) is 1.04. The number of phenolic OH excluding ortho intramolecular Hbond substituents is 1. The van der Waals surface area contributed by atoms with Gasteiger partial charge in [-0.2, -0.15) is 0 Å². The maximum Gasteiger partial charge on any atom is 0.124 e. The SMILES string of the molecule is Cc1cccc(O)c1CC=O. The molecule has 0 saturated heterocycles. The number of hydrogen-bond donors (Lipinski definition) is 1. The van der Waals surface area contributed by atoms with Gasteiger partial charge in [0.05, 0.1) is 0 Å². The van der Waals surface area contributed by atoms with E-state index in [1.54, 1.807) is 12.1 Å². The van der Waals surface area contributed by atoms with Crippen LogP contribution in [0.2, 0.25) is 0 Å². The van der Waals surface area contributed by atoms with Crippen LogP contribution in [-0.4, -0.2) is 11.4 Å². The smallest absolute Gasteiger partial charge is 0.124 e. The van der Waals surface area contributed by atoms with E-state index in [0.717, 1.165) is 17.4 Å². The standard InChI is InChI=1S/C9H10O2/c1-7-3-2-4-9(11)8(7)5-6-10/h2-4,6,11H,5H2,1H3. The van der Waals surface area contributed by atoms with E-state index in [1.165, 1.54) is 0 Å². The van der Waals surface area contributed by atoms with Gasteiger partial charge >= 0.3 is 0 Å². The van der Waals surface area contributed by atoms with E-state index in [9.17, 15) is 9.90 Å². The normalized spacial score (nSPS) is 9.55. The Hall–Kier alpha value is -1.31. The number of carbonyl (C=O) groups excluding carboxylic acids is 1. The molecule has 0 aromatic heterocycles. The molecule has 0 saturated carbocycles. The Morgan fingerprint density at radius 1 is 1.55 bits per heavy atom. The summed E-state index contributed by atoms with van der Waals surface area (Å²) in [5, 5.41) is 9.26. The van der Waals surface area contributed by atoms with Gasteiger partial charge in [0.1, 0.15) is 12.0 Å². The Bertz CT molecular complexity index is 246. The highest BCUT2D eigenvalue weighted by molar-refractivity contribution is 5.58. The molecule has 0 aliphatic heterocycles. The first-order valence-electron chi connectivity index (χ1n) is 3.47. The molecule has 0 spiro atoms. The molecular formula is C9H10O2. The number of rotatable bonds is 2. The molecule has 2 nitrogen and oxygen atoms in total. The van der Waals surface area contributed by atoms with Gasteiger partial charge in [-0.1, -0.05) is 12.1 Å². The van der Waals surface area contributed by atoms with Crippen molar-refractivity contribution in [2.45, 2.75) is 13.3 Å². The van der Waals surface area contributed by atoms with Crippen LogP contribution in [0.15, 0.2) is 18.2 Å². The molecule has 0 unspecified atom stereocenters. The monoisotopic (exact) mass is 150 g/mol. The van der Waals surface area contributed by atoms with Crippen molar-refractivity contribution < 1.29 is 9.90 Å². The van der Waals surface area contributed by atoms with Gasteiger partial charge in [-0.05, 0) is 18.6 Å². The number of hydrogen-bond acceptors (Lipinski definition) is 2. The molecule has 0 amide bonds. The van der Waals surface area contributed by atoms with Gasteiger partial charge in [-0.25, -0.2) is 0 Å². The number of phenols is 1. The average Bonchev–Trinajstić information content (AvgIpc) is 1.97.